The molecule has 1 unspecified atom stereocenters. The number of hydrogen-bond donors (Lipinski definition) is 5. The van der Waals surface area contributed by atoms with Crippen LogP contribution in [0.2, 0.25) is 0 Å². The van der Waals surface area contributed by atoms with Gasteiger partial charge < -0.3 is 34.7 Å². The topological polar surface area (TPSA) is 141 Å². The van der Waals surface area contributed by atoms with E-state index in [2.05, 4.69) is 0 Å². The van der Waals surface area contributed by atoms with Crippen LogP contribution < -0.4 is 10.2 Å². The van der Waals surface area contributed by atoms with Crippen molar-refractivity contribution in [2.75, 3.05) is 0 Å². The third-order valence-corrected chi connectivity index (χ3v) is 5.70. The van der Waals surface area contributed by atoms with Gasteiger partial charge in [0.15, 0.2) is 11.0 Å². The van der Waals surface area contributed by atoms with Crippen molar-refractivity contribution in [1.29, 1.82) is 0 Å². The number of aliphatic hydroxyl groups excluding tert-OH is 1. The monoisotopic (exact) mass is 454 g/mol. The lowest BCUT2D eigenvalue weighted by molar-refractivity contribution is -0.0470. The van der Waals surface area contributed by atoms with Gasteiger partial charge in [0.1, 0.15) is 39.7 Å². The van der Waals surface area contributed by atoms with Crippen LogP contribution in [0.5, 0.6) is 23.0 Å². The molecule has 0 amide bonds. The van der Waals surface area contributed by atoms with E-state index in [-0.39, 0.29) is 51.5 Å². The minimum absolute atomic E-state index is 0.0468. The standard InChI is InChI=1S/C25H26O8/c1-24(2)8-7-14-18(33-24)11-17(28)20-21(30)15(10-19(29)25(3,4)31)22(32-23(14)20)13-6-5-12(26)9-16(13)27/h5-9,11,19,26-29,31H,10H2,1-4H3. The molecule has 1 aromatic heterocycles. The highest BCUT2D eigenvalue weighted by Crippen LogP contribution is 2.43. The van der Waals surface area contributed by atoms with Gasteiger partial charge in [-0.05, 0) is 52.0 Å². The normalized spacial score (nSPS) is 15.8. The summed E-state index contributed by atoms with van der Waals surface area (Å²) in [4.78, 5) is 13.6. The molecule has 0 saturated heterocycles. The number of benzene rings is 2. The molecule has 33 heavy (non-hydrogen) atoms. The Labute approximate surface area is 189 Å². The number of rotatable bonds is 4. The van der Waals surface area contributed by atoms with Gasteiger partial charge in [-0.2, -0.15) is 0 Å². The molecular weight excluding hydrogens is 428 g/mol. The van der Waals surface area contributed by atoms with Gasteiger partial charge in [-0.1, -0.05) is 0 Å². The first kappa shape index (κ1) is 22.7. The van der Waals surface area contributed by atoms with Crippen molar-refractivity contribution in [3.05, 3.63) is 51.7 Å². The molecule has 0 bridgehead atoms. The maximum Gasteiger partial charge on any atom is 0.200 e. The molecule has 1 aliphatic rings. The van der Waals surface area contributed by atoms with Crippen molar-refractivity contribution in [1.82, 2.24) is 0 Å². The van der Waals surface area contributed by atoms with Crippen LogP contribution in [0.25, 0.3) is 28.4 Å². The highest BCUT2D eigenvalue weighted by Gasteiger charge is 2.32. The van der Waals surface area contributed by atoms with Gasteiger partial charge in [0, 0.05) is 24.1 Å². The molecule has 8 nitrogen and oxygen atoms in total. The van der Waals surface area contributed by atoms with Crippen LogP contribution in [0.3, 0.4) is 0 Å². The zero-order valence-electron chi connectivity index (χ0n) is 18.7. The number of phenolic OH excluding ortho intramolecular Hbond substituents is 3. The fraction of sp³-hybridized carbons (Fsp3) is 0.320. The van der Waals surface area contributed by atoms with Crippen LogP contribution in [0.15, 0.2) is 39.6 Å². The first-order valence-electron chi connectivity index (χ1n) is 10.4. The third-order valence-electron chi connectivity index (χ3n) is 5.70. The molecule has 4 rings (SSSR count). The Morgan fingerprint density at radius 2 is 1.79 bits per heavy atom. The maximum atomic E-state index is 13.6. The first-order valence-corrected chi connectivity index (χ1v) is 10.4. The van der Waals surface area contributed by atoms with Crippen molar-refractivity contribution in [3.8, 4) is 34.3 Å². The van der Waals surface area contributed by atoms with Gasteiger partial charge in [-0.15, -0.1) is 0 Å². The molecule has 174 valence electrons. The van der Waals surface area contributed by atoms with Gasteiger partial charge in [-0.3, -0.25) is 4.79 Å². The molecule has 0 fully saturated rings. The molecule has 2 heterocycles. The summed E-state index contributed by atoms with van der Waals surface area (Å²) in [6.07, 6.45) is 1.86. The summed E-state index contributed by atoms with van der Waals surface area (Å²) in [5.74, 6) is -0.631. The number of aliphatic hydroxyl groups is 2. The van der Waals surface area contributed by atoms with Crippen molar-refractivity contribution in [3.63, 3.8) is 0 Å². The predicted molar refractivity (Wildman–Crippen MR) is 123 cm³/mol. The Kier molecular flexibility index (Phi) is 5.18. The lowest BCUT2D eigenvalue weighted by atomic mass is 9.91. The summed E-state index contributed by atoms with van der Waals surface area (Å²) in [5.41, 5.74) is -2.25. The van der Waals surface area contributed by atoms with E-state index in [1.165, 1.54) is 32.0 Å². The second-order valence-corrected chi connectivity index (χ2v) is 9.36. The van der Waals surface area contributed by atoms with Crippen molar-refractivity contribution in [2.45, 2.75) is 51.4 Å². The SMILES string of the molecule is CC1(C)C=Cc2c(cc(O)c3c(=O)c(CC(O)C(C)(C)O)c(-c4ccc(O)cc4O)oc23)O1. The Hall–Kier alpha value is -3.49. The van der Waals surface area contributed by atoms with Crippen molar-refractivity contribution in [2.24, 2.45) is 0 Å². The Morgan fingerprint density at radius 3 is 2.42 bits per heavy atom. The summed E-state index contributed by atoms with van der Waals surface area (Å²) >= 11 is 0. The zero-order chi connectivity index (χ0) is 24.3. The second-order valence-electron chi connectivity index (χ2n) is 9.36. The van der Waals surface area contributed by atoms with E-state index < -0.39 is 22.7 Å². The van der Waals surface area contributed by atoms with Crippen LogP contribution in [-0.4, -0.2) is 42.8 Å². The van der Waals surface area contributed by atoms with E-state index in [1.54, 1.807) is 12.2 Å². The average Bonchev–Trinajstić information content (AvgIpc) is 2.68. The van der Waals surface area contributed by atoms with Crippen LogP contribution in [0.1, 0.15) is 38.8 Å². The minimum atomic E-state index is -1.53. The van der Waals surface area contributed by atoms with E-state index in [1.807, 2.05) is 13.8 Å². The van der Waals surface area contributed by atoms with Crippen LogP contribution in [0.4, 0.5) is 0 Å². The highest BCUT2D eigenvalue weighted by molar-refractivity contribution is 5.95. The number of ether oxygens (including phenoxy) is 1. The van der Waals surface area contributed by atoms with Crippen LogP contribution >= 0.6 is 0 Å². The fourth-order valence-electron chi connectivity index (χ4n) is 3.78. The van der Waals surface area contributed by atoms with Crippen LogP contribution in [-0.2, 0) is 6.42 Å². The highest BCUT2D eigenvalue weighted by atomic mass is 16.5. The van der Waals surface area contributed by atoms with Crippen molar-refractivity contribution >= 4 is 17.0 Å². The molecule has 0 radical (unpaired) electrons. The third kappa shape index (κ3) is 4.03. The van der Waals surface area contributed by atoms with Gasteiger partial charge >= 0.3 is 0 Å². The average molecular weight is 454 g/mol. The largest absolute Gasteiger partial charge is 0.508 e. The lowest BCUT2D eigenvalue weighted by Gasteiger charge is -2.28. The summed E-state index contributed by atoms with van der Waals surface area (Å²) in [5, 5.41) is 51.5. The molecule has 0 spiro atoms. The molecule has 5 N–H and O–H groups in total. The van der Waals surface area contributed by atoms with Gasteiger partial charge in [0.25, 0.3) is 0 Å². The molecule has 0 aliphatic carbocycles. The smallest absolute Gasteiger partial charge is 0.200 e. The Morgan fingerprint density at radius 1 is 1.09 bits per heavy atom. The van der Waals surface area contributed by atoms with E-state index >= 15 is 0 Å². The van der Waals surface area contributed by atoms with E-state index in [0.29, 0.717) is 11.3 Å². The predicted octanol–water partition coefficient (Wildman–Crippen LogP) is 3.44. The molecule has 8 heteroatoms. The summed E-state index contributed by atoms with van der Waals surface area (Å²) in [7, 11) is 0. The summed E-state index contributed by atoms with van der Waals surface area (Å²) in [6, 6.07) is 5.13. The number of aromatic hydroxyl groups is 3. The molecule has 3 aromatic rings. The number of phenols is 3. The van der Waals surface area contributed by atoms with E-state index in [0.717, 1.165) is 6.07 Å². The Bertz CT molecular complexity index is 1340. The lowest BCUT2D eigenvalue weighted by Crippen LogP contribution is -2.38. The fourth-order valence-corrected chi connectivity index (χ4v) is 3.78. The molecular formula is C25H26O8. The molecule has 2 aromatic carbocycles. The minimum Gasteiger partial charge on any atom is -0.508 e. The van der Waals surface area contributed by atoms with Gasteiger partial charge in [0.05, 0.1) is 22.8 Å². The maximum absolute atomic E-state index is 13.6. The summed E-state index contributed by atoms with van der Waals surface area (Å²) < 4.78 is 12.0. The Balaban J connectivity index is 2.08. The van der Waals surface area contributed by atoms with Gasteiger partial charge in [0.2, 0.25) is 0 Å². The van der Waals surface area contributed by atoms with Gasteiger partial charge in [-0.25, -0.2) is 0 Å². The zero-order valence-corrected chi connectivity index (χ0v) is 18.7. The van der Waals surface area contributed by atoms with Crippen molar-refractivity contribution < 1.29 is 34.7 Å². The quantitative estimate of drug-likeness (QED) is 0.404. The molecule has 1 aliphatic heterocycles. The van der Waals surface area contributed by atoms with E-state index in [9.17, 15) is 30.3 Å². The first-order chi connectivity index (χ1) is 15.3. The molecule has 0 saturated carbocycles. The number of fused-ring (bicyclic) bond motifs is 3. The van der Waals surface area contributed by atoms with E-state index in [4.69, 9.17) is 9.15 Å². The molecule has 1 atom stereocenters. The number of hydrogen-bond acceptors (Lipinski definition) is 8. The van der Waals surface area contributed by atoms with Crippen LogP contribution in [0, 0.1) is 0 Å². The summed E-state index contributed by atoms with van der Waals surface area (Å²) in [6.45, 7) is 6.47. The second kappa shape index (κ2) is 7.54.